The summed E-state index contributed by atoms with van der Waals surface area (Å²) in [5.41, 5.74) is 0.725. The van der Waals surface area contributed by atoms with Gasteiger partial charge in [-0.05, 0) is 30.4 Å². The number of fused-ring (bicyclic) bond motifs is 1. The monoisotopic (exact) mass is 476 g/mol. The van der Waals surface area contributed by atoms with Crippen LogP contribution in [0.25, 0.3) is 10.8 Å². The zero-order chi connectivity index (χ0) is 24.4. The Hall–Kier alpha value is -3.62. The highest BCUT2D eigenvalue weighted by Crippen LogP contribution is 2.44. The molecule has 0 bridgehead atoms. The maximum absolute atomic E-state index is 12.8. The minimum Gasteiger partial charge on any atom is -0.467 e. The topological polar surface area (TPSA) is 102 Å². The van der Waals surface area contributed by atoms with Crippen molar-refractivity contribution < 1.29 is 14.3 Å². The summed E-state index contributed by atoms with van der Waals surface area (Å²) in [6, 6.07) is 11.8. The summed E-state index contributed by atoms with van der Waals surface area (Å²) in [4.78, 5) is 27.3. The molecule has 0 spiro atoms. The Labute approximate surface area is 205 Å². The molecule has 5 rings (SSSR count). The molecule has 1 aromatic heterocycles. The zero-order valence-corrected chi connectivity index (χ0v) is 20.5. The lowest BCUT2D eigenvalue weighted by Gasteiger charge is -2.21. The van der Waals surface area contributed by atoms with Crippen molar-refractivity contribution in [3.8, 4) is 17.8 Å². The number of aromatic nitrogens is 3. The fraction of sp³-hybridized carbons (Fsp3) is 0.462. The van der Waals surface area contributed by atoms with Gasteiger partial charge in [0, 0.05) is 30.9 Å². The third kappa shape index (κ3) is 5.23. The van der Waals surface area contributed by atoms with Gasteiger partial charge in [-0.25, -0.2) is 4.79 Å². The van der Waals surface area contributed by atoms with Gasteiger partial charge in [-0.3, -0.25) is 0 Å². The lowest BCUT2D eigenvalue weighted by molar-refractivity contribution is 0.249. The number of rotatable bonds is 7. The molecule has 184 valence electrons. The van der Waals surface area contributed by atoms with E-state index in [2.05, 4.69) is 25.6 Å². The first-order valence-corrected chi connectivity index (χ1v) is 12.3. The normalized spacial score (nSPS) is 19.7. The molecule has 2 aliphatic carbocycles. The van der Waals surface area contributed by atoms with Crippen molar-refractivity contribution in [2.45, 2.75) is 44.6 Å². The average molecular weight is 477 g/mol. The van der Waals surface area contributed by atoms with Crippen molar-refractivity contribution in [3.63, 3.8) is 0 Å². The van der Waals surface area contributed by atoms with E-state index in [4.69, 9.17) is 9.47 Å². The molecule has 3 aromatic rings. The van der Waals surface area contributed by atoms with Crippen LogP contribution in [0.4, 0.5) is 16.4 Å². The lowest BCUT2D eigenvalue weighted by atomic mass is 9.85. The highest BCUT2D eigenvalue weighted by Gasteiger charge is 2.43. The van der Waals surface area contributed by atoms with E-state index >= 15 is 0 Å². The van der Waals surface area contributed by atoms with Gasteiger partial charge in [0.25, 0.3) is 0 Å². The summed E-state index contributed by atoms with van der Waals surface area (Å²) in [6.45, 7) is 0. The largest absolute Gasteiger partial charge is 0.467 e. The van der Waals surface area contributed by atoms with E-state index in [1.165, 1.54) is 39.2 Å². The predicted octanol–water partition coefficient (Wildman–Crippen LogP) is 4.98. The lowest BCUT2D eigenvalue weighted by Crippen LogP contribution is -2.32. The van der Waals surface area contributed by atoms with E-state index in [-0.39, 0.29) is 24.1 Å². The maximum atomic E-state index is 12.8. The van der Waals surface area contributed by atoms with E-state index in [0.29, 0.717) is 17.6 Å². The van der Waals surface area contributed by atoms with Crippen LogP contribution < -0.4 is 25.0 Å². The second-order valence-electron chi connectivity index (χ2n) is 9.56. The van der Waals surface area contributed by atoms with Gasteiger partial charge in [0.1, 0.15) is 5.75 Å². The summed E-state index contributed by atoms with van der Waals surface area (Å²) in [7, 11) is 5.16. The molecule has 9 nitrogen and oxygen atoms in total. The van der Waals surface area contributed by atoms with Crippen molar-refractivity contribution >= 4 is 28.4 Å². The molecule has 2 aromatic carbocycles. The van der Waals surface area contributed by atoms with Crippen molar-refractivity contribution in [1.29, 1.82) is 0 Å². The van der Waals surface area contributed by atoms with E-state index in [0.717, 1.165) is 28.8 Å². The van der Waals surface area contributed by atoms with E-state index < -0.39 is 0 Å². The summed E-state index contributed by atoms with van der Waals surface area (Å²) in [6.07, 6.45) is 7.71. The van der Waals surface area contributed by atoms with Crippen molar-refractivity contribution in [3.05, 3.63) is 36.4 Å². The molecule has 2 atom stereocenters. The second kappa shape index (κ2) is 9.93. The number of carbonyl (C=O) groups is 1. The molecule has 2 amide bonds. The van der Waals surface area contributed by atoms with Gasteiger partial charge < -0.3 is 25.0 Å². The van der Waals surface area contributed by atoms with Gasteiger partial charge in [0.15, 0.2) is 0 Å². The molecule has 1 heterocycles. The first-order chi connectivity index (χ1) is 17.0. The quantitative estimate of drug-likeness (QED) is 0.496. The molecule has 0 aliphatic heterocycles. The Morgan fingerprint density at radius 1 is 0.971 bits per heavy atom. The number of amides is 2. The van der Waals surface area contributed by atoms with Crippen LogP contribution in [0.5, 0.6) is 17.8 Å². The summed E-state index contributed by atoms with van der Waals surface area (Å²) >= 11 is 0. The second-order valence-corrected chi connectivity index (χ2v) is 9.56. The van der Waals surface area contributed by atoms with Crippen LogP contribution in [0.15, 0.2) is 36.4 Å². The van der Waals surface area contributed by atoms with Crippen LogP contribution in [0.1, 0.15) is 38.5 Å². The van der Waals surface area contributed by atoms with E-state index in [1.807, 2.05) is 50.5 Å². The highest BCUT2D eigenvalue weighted by atomic mass is 16.5. The van der Waals surface area contributed by atoms with Crippen LogP contribution in [0, 0.1) is 11.8 Å². The van der Waals surface area contributed by atoms with E-state index in [9.17, 15) is 4.79 Å². The number of carbonyl (C=O) groups excluding carboxylic acids is 1. The minimum absolute atomic E-state index is 0.131. The fourth-order valence-electron chi connectivity index (χ4n) is 5.02. The molecule has 35 heavy (non-hydrogen) atoms. The standard InChI is InChI=1S/C26H32N6O3/c1-32(2)23-29-25(34-3)31-26(30-23)35-22-14-13-20(17-11-7-8-12-18(17)22)27-24(33)28-21-15-19(21)16-9-5-4-6-10-16/h7-8,11-14,16,19,21H,4-6,9-10,15H2,1-3H3,(H2,27,28,33). The number of hydrogen-bond donors (Lipinski definition) is 2. The molecule has 0 saturated heterocycles. The Morgan fingerprint density at radius 2 is 1.71 bits per heavy atom. The molecule has 0 radical (unpaired) electrons. The molecular weight excluding hydrogens is 444 g/mol. The third-order valence-corrected chi connectivity index (χ3v) is 6.91. The summed E-state index contributed by atoms with van der Waals surface area (Å²) in [5.74, 6) is 2.41. The number of anilines is 2. The summed E-state index contributed by atoms with van der Waals surface area (Å²) < 4.78 is 11.2. The van der Waals surface area contributed by atoms with Gasteiger partial charge in [0.2, 0.25) is 5.95 Å². The van der Waals surface area contributed by atoms with Gasteiger partial charge >= 0.3 is 18.1 Å². The van der Waals surface area contributed by atoms with Crippen molar-refractivity contribution in [2.24, 2.45) is 11.8 Å². The predicted molar refractivity (Wildman–Crippen MR) is 135 cm³/mol. The SMILES string of the molecule is COc1nc(Oc2ccc(NC(=O)NC3CC3C3CCCCC3)c3ccccc23)nc(N(C)C)n1. The number of nitrogens with zero attached hydrogens (tertiary/aromatic N) is 4. The molecule has 9 heteroatoms. The smallest absolute Gasteiger partial charge is 0.330 e. The van der Waals surface area contributed by atoms with Crippen molar-refractivity contribution in [1.82, 2.24) is 20.3 Å². The Kier molecular flexibility index (Phi) is 6.57. The number of hydrogen-bond acceptors (Lipinski definition) is 7. The molecule has 2 unspecified atom stereocenters. The van der Waals surface area contributed by atoms with Crippen LogP contribution in [-0.2, 0) is 0 Å². The molecule has 2 aliphatic rings. The van der Waals surface area contributed by atoms with Gasteiger partial charge in [-0.15, -0.1) is 4.98 Å². The van der Waals surface area contributed by atoms with Gasteiger partial charge in [-0.2, -0.15) is 9.97 Å². The van der Waals surface area contributed by atoms with Crippen LogP contribution in [-0.4, -0.2) is 48.2 Å². The number of urea groups is 1. The maximum Gasteiger partial charge on any atom is 0.330 e. The Morgan fingerprint density at radius 3 is 2.46 bits per heavy atom. The highest BCUT2D eigenvalue weighted by molar-refractivity contribution is 6.04. The van der Waals surface area contributed by atoms with Gasteiger partial charge in [-0.1, -0.05) is 56.4 Å². The minimum atomic E-state index is -0.162. The summed E-state index contributed by atoms with van der Waals surface area (Å²) in [5, 5.41) is 7.92. The van der Waals surface area contributed by atoms with Gasteiger partial charge in [0.05, 0.1) is 12.8 Å². The van der Waals surface area contributed by atoms with Crippen molar-refractivity contribution in [2.75, 3.05) is 31.4 Å². The zero-order valence-electron chi connectivity index (χ0n) is 20.5. The number of ether oxygens (including phenoxy) is 2. The first-order valence-electron chi connectivity index (χ1n) is 12.3. The number of benzene rings is 2. The Balaban J connectivity index is 1.31. The van der Waals surface area contributed by atoms with Crippen LogP contribution >= 0.6 is 0 Å². The van der Waals surface area contributed by atoms with Crippen LogP contribution in [0.2, 0.25) is 0 Å². The number of nitrogens with one attached hydrogen (secondary N) is 2. The third-order valence-electron chi connectivity index (χ3n) is 6.91. The fourth-order valence-corrected chi connectivity index (χ4v) is 5.02. The molecule has 2 fully saturated rings. The van der Waals surface area contributed by atoms with E-state index in [1.54, 1.807) is 4.90 Å². The molecular formula is C26H32N6O3. The first kappa shape index (κ1) is 23.1. The molecule has 2 N–H and O–H groups in total. The van der Waals surface area contributed by atoms with Crippen LogP contribution in [0.3, 0.4) is 0 Å². The average Bonchev–Trinajstić information content (AvgIpc) is 3.64. The number of methoxy groups -OCH3 is 1. The molecule has 2 saturated carbocycles. The Bertz CT molecular complexity index is 1210.